The third-order valence-electron chi connectivity index (χ3n) is 10.3. The Morgan fingerprint density at radius 3 is 2.59 bits per heavy atom. The van der Waals surface area contributed by atoms with Gasteiger partial charge in [-0.15, -0.1) is 5.10 Å². The Bertz CT molecular complexity index is 1800. The van der Waals surface area contributed by atoms with Gasteiger partial charge in [0.05, 0.1) is 63.4 Å². The van der Waals surface area contributed by atoms with E-state index in [2.05, 4.69) is 92.5 Å². The van der Waals surface area contributed by atoms with Crippen LogP contribution in [0.3, 0.4) is 0 Å². The van der Waals surface area contributed by atoms with Gasteiger partial charge in [0.15, 0.2) is 14.5 Å². The van der Waals surface area contributed by atoms with E-state index in [9.17, 15) is 0 Å². The maximum absolute atomic E-state index is 6.63. The number of hydrogen-bond acceptors (Lipinski definition) is 9. The summed E-state index contributed by atoms with van der Waals surface area (Å²) in [7, 11) is 0.0375. The van der Waals surface area contributed by atoms with E-state index < -0.39 is 8.32 Å². The largest absolute Gasteiger partial charge is 0.476 e. The monoisotopic (exact) mass is 832 g/mol. The minimum Gasteiger partial charge on any atom is -0.476 e. The molecule has 4 aromatic heterocycles. The molecule has 1 aliphatic rings. The standard InChI is InChI=1S/C37H57IN8O4Si/c1-12-28-27-21-29(39-22-30(27)46(41-28)32-17-15-16-19-48-32)33-26(5)40-43(9)36(33)49-24-25(4)44(13-2)23-31-34(38)35(47-14-3)42-45(31)18-20-50-51(10,11)37(6,7)8/h12,21-22,25,32H,1,13-20,23-24H2,2-11H3/t25-,32?/m1/s1. The molecule has 0 aromatic carbocycles. The van der Waals surface area contributed by atoms with E-state index in [1.54, 1.807) is 6.08 Å². The Labute approximate surface area is 318 Å². The van der Waals surface area contributed by atoms with Crippen LogP contribution in [0.5, 0.6) is 11.8 Å². The average molecular weight is 833 g/mol. The van der Waals surface area contributed by atoms with E-state index in [0.717, 1.165) is 75.2 Å². The number of aromatic nitrogens is 7. The molecule has 0 amide bonds. The van der Waals surface area contributed by atoms with E-state index >= 15 is 0 Å². The Balaban J connectivity index is 1.34. The van der Waals surface area contributed by atoms with Gasteiger partial charge in [0.1, 0.15) is 6.61 Å². The fourth-order valence-electron chi connectivity index (χ4n) is 6.28. The van der Waals surface area contributed by atoms with Crippen LogP contribution >= 0.6 is 22.6 Å². The summed E-state index contributed by atoms with van der Waals surface area (Å²) in [4.78, 5) is 7.32. The van der Waals surface area contributed by atoms with Gasteiger partial charge >= 0.3 is 0 Å². The van der Waals surface area contributed by atoms with Gasteiger partial charge in [-0.25, -0.2) is 9.36 Å². The molecule has 0 radical (unpaired) electrons. The van der Waals surface area contributed by atoms with E-state index in [-0.39, 0.29) is 17.3 Å². The number of rotatable bonds is 16. The Morgan fingerprint density at radius 1 is 1.18 bits per heavy atom. The quantitative estimate of drug-likeness (QED) is 0.0821. The molecule has 0 spiro atoms. The molecule has 5 rings (SSSR count). The average Bonchev–Trinajstić information content (AvgIpc) is 3.71. The van der Waals surface area contributed by atoms with E-state index in [1.807, 2.05) is 36.5 Å². The van der Waals surface area contributed by atoms with E-state index in [0.29, 0.717) is 44.7 Å². The molecule has 4 aromatic rings. The number of ether oxygens (including phenoxy) is 3. The summed E-state index contributed by atoms with van der Waals surface area (Å²) in [5.41, 5.74) is 5.39. The highest BCUT2D eigenvalue weighted by Gasteiger charge is 2.37. The van der Waals surface area contributed by atoms with E-state index in [1.165, 1.54) is 0 Å². The maximum Gasteiger partial charge on any atom is 0.246 e. The minimum absolute atomic E-state index is 0.0899. The van der Waals surface area contributed by atoms with Crippen LogP contribution in [0.4, 0.5) is 0 Å². The molecule has 0 aliphatic carbocycles. The summed E-state index contributed by atoms with van der Waals surface area (Å²) in [6, 6.07) is 2.17. The van der Waals surface area contributed by atoms with Gasteiger partial charge in [-0.3, -0.25) is 14.6 Å². The highest BCUT2D eigenvalue weighted by atomic mass is 127. The summed E-state index contributed by atoms with van der Waals surface area (Å²) in [5.74, 6) is 1.36. The highest BCUT2D eigenvalue weighted by Crippen LogP contribution is 2.37. The van der Waals surface area contributed by atoms with Crippen molar-refractivity contribution in [3.05, 3.63) is 39.5 Å². The Kier molecular flexibility index (Phi) is 12.7. The lowest BCUT2D eigenvalue weighted by atomic mass is 10.1. The van der Waals surface area contributed by atoms with Crippen molar-refractivity contribution >= 4 is 47.9 Å². The SMILES string of the molecule is C=Cc1nn(C2CCCCO2)c2cnc(-c3c(C)nn(C)c3OC[C@@H](C)N(CC)Cc3c(I)c(OCC)nn3CCO[Si](C)(C)C(C)(C)C)cc12. The van der Waals surface area contributed by atoms with Crippen LogP contribution in [0, 0.1) is 10.5 Å². The molecule has 12 nitrogen and oxygen atoms in total. The first-order valence-corrected chi connectivity index (χ1v) is 22.2. The lowest BCUT2D eigenvalue weighted by Crippen LogP contribution is -2.41. The van der Waals surface area contributed by atoms with Crippen LogP contribution in [0.25, 0.3) is 28.2 Å². The molecule has 14 heteroatoms. The van der Waals surface area contributed by atoms with Crippen LogP contribution in [0.1, 0.15) is 84.1 Å². The van der Waals surface area contributed by atoms with Gasteiger partial charge in [-0.2, -0.15) is 10.2 Å². The van der Waals surface area contributed by atoms with Gasteiger partial charge < -0.3 is 18.6 Å². The first-order valence-electron chi connectivity index (χ1n) is 18.3. The number of hydrogen-bond donors (Lipinski definition) is 0. The first kappa shape index (κ1) is 39.4. The van der Waals surface area contributed by atoms with Crippen molar-refractivity contribution in [2.24, 2.45) is 7.05 Å². The number of fused-ring (bicyclic) bond motifs is 1. The van der Waals surface area contributed by atoms with E-state index in [4.69, 9.17) is 38.9 Å². The van der Waals surface area contributed by atoms with Gasteiger partial charge in [-0.1, -0.05) is 34.3 Å². The zero-order valence-electron chi connectivity index (χ0n) is 32.3. The fourth-order valence-corrected chi connectivity index (χ4v) is 8.02. The van der Waals surface area contributed by atoms with Crippen molar-refractivity contribution in [1.29, 1.82) is 0 Å². The highest BCUT2D eigenvalue weighted by molar-refractivity contribution is 14.1. The molecule has 0 bridgehead atoms. The van der Waals surface area contributed by atoms with Crippen LogP contribution in [0.15, 0.2) is 18.8 Å². The number of likely N-dealkylation sites (N-methyl/N-ethyl adjacent to an activating group) is 1. The molecule has 2 atom stereocenters. The number of aryl methyl sites for hydroxylation is 2. The van der Waals surface area contributed by atoms with Gasteiger partial charge in [-0.05, 0) is 99.4 Å². The Morgan fingerprint density at radius 2 is 1.94 bits per heavy atom. The normalized spacial score (nSPS) is 16.3. The summed E-state index contributed by atoms with van der Waals surface area (Å²) in [6.45, 7) is 28.4. The molecule has 1 aliphatic heterocycles. The van der Waals surface area contributed by atoms with Crippen molar-refractivity contribution in [2.75, 3.05) is 33.0 Å². The topological polar surface area (TPSA) is 107 Å². The molecular formula is C37H57IN8O4Si. The summed E-state index contributed by atoms with van der Waals surface area (Å²) in [6.07, 6.45) is 6.73. The second kappa shape index (κ2) is 16.5. The maximum atomic E-state index is 6.63. The molecule has 5 heterocycles. The lowest BCUT2D eigenvalue weighted by molar-refractivity contribution is -0.0367. The molecule has 1 fully saturated rings. The van der Waals surface area contributed by atoms with Gasteiger partial charge in [0, 0.05) is 31.6 Å². The predicted molar refractivity (Wildman–Crippen MR) is 214 cm³/mol. The Hall–Kier alpha value is -2.79. The number of halogens is 1. The van der Waals surface area contributed by atoms with Crippen LogP contribution in [0.2, 0.25) is 18.1 Å². The van der Waals surface area contributed by atoms with Crippen molar-refractivity contribution in [2.45, 2.75) is 111 Å². The summed E-state index contributed by atoms with van der Waals surface area (Å²) in [5, 5.41) is 15.6. The molecule has 0 N–H and O–H groups in total. The minimum atomic E-state index is -1.88. The van der Waals surface area contributed by atoms with Crippen LogP contribution in [-0.4, -0.2) is 86.6 Å². The molecule has 280 valence electrons. The zero-order valence-corrected chi connectivity index (χ0v) is 35.4. The first-order chi connectivity index (χ1) is 24.2. The van der Waals surface area contributed by atoms with Crippen molar-refractivity contribution in [1.82, 2.24) is 39.2 Å². The summed E-state index contributed by atoms with van der Waals surface area (Å²) < 4.78 is 32.0. The van der Waals surface area contributed by atoms with Gasteiger partial charge in [0.25, 0.3) is 0 Å². The zero-order chi connectivity index (χ0) is 37.1. The van der Waals surface area contributed by atoms with Crippen molar-refractivity contribution < 1.29 is 18.6 Å². The second-order valence-corrected chi connectivity index (χ2v) is 20.8. The third kappa shape index (κ3) is 8.55. The third-order valence-corrected chi connectivity index (χ3v) is 16.0. The summed E-state index contributed by atoms with van der Waals surface area (Å²) >= 11 is 2.38. The lowest BCUT2D eigenvalue weighted by Gasteiger charge is -2.36. The smallest absolute Gasteiger partial charge is 0.246 e. The molecule has 0 saturated carbocycles. The molecule has 51 heavy (non-hydrogen) atoms. The van der Waals surface area contributed by atoms with Crippen LogP contribution in [-0.2, 0) is 29.3 Å². The fraction of sp³-hybridized carbons (Fsp3) is 0.622. The number of pyridine rings is 1. The second-order valence-electron chi connectivity index (χ2n) is 14.9. The predicted octanol–water partition coefficient (Wildman–Crippen LogP) is 7.99. The van der Waals surface area contributed by atoms with Crippen LogP contribution < -0.4 is 9.47 Å². The number of nitrogens with zero attached hydrogens (tertiary/aromatic N) is 8. The van der Waals surface area contributed by atoms with Gasteiger partial charge in [0.2, 0.25) is 11.8 Å². The molecular weight excluding hydrogens is 775 g/mol. The van der Waals surface area contributed by atoms with Crippen molar-refractivity contribution in [3.8, 4) is 23.0 Å². The molecule has 1 unspecified atom stereocenters. The van der Waals surface area contributed by atoms with Crippen molar-refractivity contribution in [3.63, 3.8) is 0 Å². The molecule has 1 saturated heterocycles.